The number of carbonyl (C=O) groups is 1. The molecule has 5 heteroatoms. The first-order valence-electron chi connectivity index (χ1n) is 16.7. The SMILES string of the molecule is CCCCCCCCC/C=C/CC/C=C/[C@@H](O)[C@H](CO)NC(=O)[C@@H](O)CCCCCCCCCCCCCC. The Balaban J connectivity index is 3.85. The van der Waals surface area contributed by atoms with Crippen molar-refractivity contribution in [2.75, 3.05) is 6.61 Å². The minimum absolute atomic E-state index is 0.374. The van der Waals surface area contributed by atoms with Gasteiger partial charge in [0.25, 0.3) is 0 Å². The lowest BCUT2D eigenvalue weighted by molar-refractivity contribution is -0.131. The summed E-state index contributed by atoms with van der Waals surface area (Å²) in [5, 5.41) is 32.8. The molecule has 0 saturated carbocycles. The topological polar surface area (TPSA) is 89.8 Å². The minimum Gasteiger partial charge on any atom is -0.394 e. The third-order valence-corrected chi connectivity index (χ3v) is 7.54. The fourth-order valence-corrected chi connectivity index (χ4v) is 4.84. The van der Waals surface area contributed by atoms with E-state index in [1.807, 2.05) is 6.08 Å². The van der Waals surface area contributed by atoms with Crippen molar-refractivity contribution in [2.45, 2.75) is 180 Å². The molecule has 0 aliphatic rings. The molecule has 0 aliphatic carbocycles. The van der Waals surface area contributed by atoms with E-state index in [1.165, 1.54) is 103 Å². The van der Waals surface area contributed by atoms with Gasteiger partial charge >= 0.3 is 0 Å². The highest BCUT2D eigenvalue weighted by molar-refractivity contribution is 5.80. The van der Waals surface area contributed by atoms with E-state index in [0.29, 0.717) is 6.42 Å². The molecule has 39 heavy (non-hydrogen) atoms. The summed E-state index contributed by atoms with van der Waals surface area (Å²) in [7, 11) is 0. The first kappa shape index (κ1) is 37.8. The van der Waals surface area contributed by atoms with E-state index in [0.717, 1.165) is 38.5 Å². The largest absolute Gasteiger partial charge is 0.394 e. The predicted octanol–water partition coefficient (Wildman–Crippen LogP) is 8.31. The van der Waals surface area contributed by atoms with Crippen LogP contribution in [0.25, 0.3) is 0 Å². The number of allylic oxidation sites excluding steroid dienone is 3. The van der Waals surface area contributed by atoms with Crippen molar-refractivity contribution in [2.24, 2.45) is 0 Å². The van der Waals surface area contributed by atoms with Crippen LogP contribution in [0.4, 0.5) is 0 Å². The standard InChI is InChI=1S/C34H65NO4/c1-3-5-7-9-11-13-15-17-19-20-22-24-26-28-32(37)31(30-36)35-34(39)33(38)29-27-25-23-21-18-16-14-12-10-8-6-4-2/h19-20,26,28,31-33,36-38H,3-18,21-25,27,29-30H2,1-2H3,(H,35,39)/b20-19+,28-26+/t31-,32+,33-/m0/s1. The van der Waals surface area contributed by atoms with Crippen LogP contribution in [0.3, 0.4) is 0 Å². The van der Waals surface area contributed by atoms with E-state index in [2.05, 4.69) is 31.3 Å². The van der Waals surface area contributed by atoms with Crippen molar-refractivity contribution >= 4 is 5.91 Å². The highest BCUT2D eigenvalue weighted by Gasteiger charge is 2.22. The van der Waals surface area contributed by atoms with Crippen LogP contribution in [0.1, 0.15) is 162 Å². The lowest BCUT2D eigenvalue weighted by Gasteiger charge is -2.21. The van der Waals surface area contributed by atoms with Gasteiger partial charge in [0.1, 0.15) is 6.10 Å². The Kier molecular flexibility index (Phi) is 28.9. The molecule has 4 N–H and O–H groups in total. The van der Waals surface area contributed by atoms with Crippen molar-refractivity contribution in [1.82, 2.24) is 5.32 Å². The Labute approximate surface area is 241 Å². The Morgan fingerprint density at radius 2 is 1.05 bits per heavy atom. The molecule has 1 amide bonds. The van der Waals surface area contributed by atoms with E-state index >= 15 is 0 Å². The Morgan fingerprint density at radius 3 is 1.56 bits per heavy atom. The molecule has 0 heterocycles. The van der Waals surface area contributed by atoms with Crippen molar-refractivity contribution < 1.29 is 20.1 Å². The van der Waals surface area contributed by atoms with Crippen LogP contribution < -0.4 is 5.32 Å². The number of aliphatic hydroxyl groups is 3. The molecule has 0 radical (unpaired) electrons. The Morgan fingerprint density at radius 1 is 0.615 bits per heavy atom. The monoisotopic (exact) mass is 551 g/mol. The van der Waals surface area contributed by atoms with Crippen molar-refractivity contribution in [3.63, 3.8) is 0 Å². The van der Waals surface area contributed by atoms with Gasteiger partial charge in [-0.1, -0.05) is 154 Å². The van der Waals surface area contributed by atoms with Gasteiger partial charge in [-0.05, 0) is 32.1 Å². The lowest BCUT2D eigenvalue weighted by atomic mass is 10.0. The molecule has 0 unspecified atom stereocenters. The van der Waals surface area contributed by atoms with E-state index in [-0.39, 0.29) is 6.61 Å². The summed E-state index contributed by atoms with van der Waals surface area (Å²) < 4.78 is 0. The number of unbranched alkanes of at least 4 members (excludes halogenated alkanes) is 19. The van der Waals surface area contributed by atoms with Gasteiger partial charge in [0.05, 0.1) is 18.8 Å². The van der Waals surface area contributed by atoms with Crippen LogP contribution in [0.15, 0.2) is 24.3 Å². The Bertz CT molecular complexity index is 578. The summed E-state index contributed by atoms with van der Waals surface area (Å²) in [4.78, 5) is 12.3. The van der Waals surface area contributed by atoms with Crippen LogP contribution in [0.2, 0.25) is 0 Å². The average molecular weight is 552 g/mol. The molecule has 0 rings (SSSR count). The van der Waals surface area contributed by atoms with Gasteiger partial charge in [-0.3, -0.25) is 4.79 Å². The number of aliphatic hydroxyl groups excluding tert-OH is 3. The molecule has 0 fully saturated rings. The number of hydrogen-bond acceptors (Lipinski definition) is 4. The second kappa shape index (κ2) is 29.8. The first-order chi connectivity index (χ1) is 19.1. The maximum Gasteiger partial charge on any atom is 0.249 e. The molecule has 0 bridgehead atoms. The summed E-state index contributed by atoms with van der Waals surface area (Å²) in [6.07, 6.45) is 33.3. The van der Waals surface area contributed by atoms with Crippen LogP contribution in [0, 0.1) is 0 Å². The summed E-state index contributed by atoms with van der Waals surface area (Å²) in [5.41, 5.74) is 0. The number of hydrogen-bond donors (Lipinski definition) is 4. The average Bonchev–Trinajstić information content (AvgIpc) is 2.94. The number of carbonyl (C=O) groups excluding carboxylic acids is 1. The van der Waals surface area contributed by atoms with E-state index in [1.54, 1.807) is 6.08 Å². The van der Waals surface area contributed by atoms with Crippen molar-refractivity contribution in [1.29, 1.82) is 0 Å². The molecule has 0 aromatic rings. The summed E-state index contributed by atoms with van der Waals surface area (Å²) in [6, 6.07) is -0.807. The third kappa shape index (κ3) is 25.5. The van der Waals surface area contributed by atoms with Gasteiger partial charge in [-0.25, -0.2) is 0 Å². The summed E-state index contributed by atoms with van der Waals surface area (Å²) in [5.74, 6) is -0.516. The molecule has 0 saturated heterocycles. The van der Waals surface area contributed by atoms with E-state index < -0.39 is 24.2 Å². The zero-order valence-corrected chi connectivity index (χ0v) is 25.8. The zero-order valence-electron chi connectivity index (χ0n) is 25.8. The molecule has 0 aromatic carbocycles. The number of nitrogens with one attached hydrogen (secondary N) is 1. The fourth-order valence-electron chi connectivity index (χ4n) is 4.84. The predicted molar refractivity (Wildman–Crippen MR) is 167 cm³/mol. The molecule has 0 aromatic heterocycles. The molecule has 0 aliphatic heterocycles. The Hall–Kier alpha value is -1.17. The molecular weight excluding hydrogens is 486 g/mol. The maximum atomic E-state index is 12.3. The fraction of sp³-hybridized carbons (Fsp3) is 0.853. The van der Waals surface area contributed by atoms with E-state index in [9.17, 15) is 20.1 Å². The quantitative estimate of drug-likeness (QED) is 0.0556. The lowest BCUT2D eigenvalue weighted by Crippen LogP contribution is -2.48. The van der Waals surface area contributed by atoms with Gasteiger partial charge < -0.3 is 20.6 Å². The van der Waals surface area contributed by atoms with Crippen LogP contribution >= 0.6 is 0 Å². The minimum atomic E-state index is -1.10. The van der Waals surface area contributed by atoms with Crippen LogP contribution in [-0.4, -0.2) is 46.1 Å². The maximum absolute atomic E-state index is 12.3. The molecule has 3 atom stereocenters. The number of rotatable bonds is 29. The zero-order chi connectivity index (χ0) is 28.8. The van der Waals surface area contributed by atoms with Crippen molar-refractivity contribution in [3.8, 4) is 0 Å². The second-order valence-electron chi connectivity index (χ2n) is 11.4. The molecule has 230 valence electrons. The summed E-state index contributed by atoms with van der Waals surface area (Å²) >= 11 is 0. The van der Waals surface area contributed by atoms with Crippen LogP contribution in [-0.2, 0) is 4.79 Å². The highest BCUT2D eigenvalue weighted by Crippen LogP contribution is 2.13. The van der Waals surface area contributed by atoms with Crippen LogP contribution in [0.5, 0.6) is 0 Å². The van der Waals surface area contributed by atoms with E-state index in [4.69, 9.17) is 0 Å². The third-order valence-electron chi connectivity index (χ3n) is 7.54. The van der Waals surface area contributed by atoms with Gasteiger partial charge in [-0.2, -0.15) is 0 Å². The van der Waals surface area contributed by atoms with Gasteiger partial charge in [0.2, 0.25) is 5.91 Å². The summed E-state index contributed by atoms with van der Waals surface area (Å²) in [6.45, 7) is 4.12. The molecule has 5 nitrogen and oxygen atoms in total. The smallest absolute Gasteiger partial charge is 0.249 e. The molecular formula is C34H65NO4. The normalized spacial score (nSPS) is 14.3. The van der Waals surface area contributed by atoms with Gasteiger partial charge in [0, 0.05) is 0 Å². The number of amides is 1. The second-order valence-corrected chi connectivity index (χ2v) is 11.4. The molecule has 0 spiro atoms. The highest BCUT2D eigenvalue weighted by atomic mass is 16.3. The van der Waals surface area contributed by atoms with Gasteiger partial charge in [-0.15, -0.1) is 0 Å². The van der Waals surface area contributed by atoms with Gasteiger partial charge in [0.15, 0.2) is 0 Å². The van der Waals surface area contributed by atoms with Crippen molar-refractivity contribution in [3.05, 3.63) is 24.3 Å². The first-order valence-corrected chi connectivity index (χ1v) is 16.7.